The van der Waals surface area contributed by atoms with Crippen molar-refractivity contribution in [2.24, 2.45) is 11.8 Å². The van der Waals surface area contributed by atoms with Crippen LogP contribution in [0.4, 0.5) is 5.69 Å². The van der Waals surface area contributed by atoms with Gasteiger partial charge in [0.1, 0.15) is 0 Å². The second-order valence-electron chi connectivity index (χ2n) is 8.78. The average Bonchev–Trinajstić information content (AvgIpc) is 3.10. The molecule has 6 aliphatic rings. The van der Waals surface area contributed by atoms with Gasteiger partial charge in [-0.25, -0.2) is 0 Å². The number of hydrogen-bond donors (Lipinski definition) is 0. The first-order valence-electron chi connectivity index (χ1n) is 9.75. The van der Waals surface area contributed by atoms with Gasteiger partial charge in [-0.05, 0) is 36.9 Å². The van der Waals surface area contributed by atoms with Crippen molar-refractivity contribution in [3.8, 4) is 0 Å². The fourth-order valence-corrected chi connectivity index (χ4v) is 7.51. The van der Waals surface area contributed by atoms with Crippen molar-refractivity contribution in [2.75, 3.05) is 24.6 Å². The van der Waals surface area contributed by atoms with Crippen LogP contribution in [0.1, 0.15) is 27.7 Å². The van der Waals surface area contributed by atoms with E-state index in [9.17, 15) is 4.79 Å². The number of ether oxygens (including phenoxy) is 1. The third-order valence-electron chi connectivity index (χ3n) is 8.22. The summed E-state index contributed by atoms with van der Waals surface area (Å²) < 4.78 is 6.25. The quantitative estimate of drug-likeness (QED) is 0.512. The molecule has 0 N–H and O–H groups in total. The van der Waals surface area contributed by atoms with E-state index < -0.39 is 0 Å². The molecular formula is C21H24CaN2O2. The van der Waals surface area contributed by atoms with Gasteiger partial charge >= 0.3 is 37.7 Å². The van der Waals surface area contributed by atoms with Crippen LogP contribution >= 0.6 is 0 Å². The minimum absolute atomic E-state index is 0. The number of fused-ring (bicyclic) bond motifs is 2. The van der Waals surface area contributed by atoms with E-state index in [0.29, 0.717) is 36.9 Å². The van der Waals surface area contributed by atoms with Gasteiger partial charge < -0.3 is 12.5 Å². The molecule has 1 saturated carbocycles. The van der Waals surface area contributed by atoms with Gasteiger partial charge in [-0.1, -0.05) is 29.8 Å². The van der Waals surface area contributed by atoms with Crippen LogP contribution in [0.15, 0.2) is 35.9 Å². The van der Waals surface area contributed by atoms with Crippen molar-refractivity contribution in [1.29, 1.82) is 0 Å². The largest absolute Gasteiger partial charge is 2.00 e. The number of anilines is 1. The van der Waals surface area contributed by atoms with E-state index in [1.807, 2.05) is 0 Å². The molecule has 0 aromatic heterocycles. The van der Waals surface area contributed by atoms with Crippen LogP contribution in [-0.4, -0.2) is 86.4 Å². The Labute approximate surface area is 186 Å². The Morgan fingerprint density at radius 1 is 1.27 bits per heavy atom. The Balaban J connectivity index is 0.000000641. The Morgan fingerprint density at radius 3 is 3.08 bits per heavy atom. The first-order valence-corrected chi connectivity index (χ1v) is 9.75. The van der Waals surface area contributed by atoms with Crippen molar-refractivity contribution >= 4 is 49.3 Å². The van der Waals surface area contributed by atoms with Crippen LogP contribution in [-0.2, 0) is 14.9 Å². The molecule has 7 rings (SSSR count). The number of nitrogens with zero attached hydrogens (tertiary/aromatic N) is 2. The van der Waals surface area contributed by atoms with Crippen LogP contribution < -0.4 is 4.90 Å². The summed E-state index contributed by atoms with van der Waals surface area (Å²) in [7, 11) is 0. The summed E-state index contributed by atoms with van der Waals surface area (Å²) in [5.41, 5.74) is 4.35. The topological polar surface area (TPSA) is 32.8 Å². The van der Waals surface area contributed by atoms with Gasteiger partial charge in [0.05, 0.1) is 25.2 Å². The Hall–Kier alpha value is -0.390. The number of piperidine rings is 2. The van der Waals surface area contributed by atoms with Crippen LogP contribution in [0.25, 0.3) is 0 Å². The van der Waals surface area contributed by atoms with Crippen molar-refractivity contribution in [3.05, 3.63) is 41.5 Å². The second kappa shape index (κ2) is 5.36. The van der Waals surface area contributed by atoms with Crippen LogP contribution in [0.2, 0.25) is 0 Å². The monoisotopic (exact) mass is 376 g/mol. The molecule has 26 heavy (non-hydrogen) atoms. The fraction of sp³-hybridized carbons (Fsp3) is 0.571. The van der Waals surface area contributed by atoms with Crippen molar-refractivity contribution < 1.29 is 12.4 Å². The molecular weight excluding hydrogens is 352 g/mol. The van der Waals surface area contributed by atoms with Gasteiger partial charge in [0.15, 0.2) is 0 Å². The molecule has 5 heteroatoms. The number of carbonyl (C=O) groups excluding carboxylic acids is 1. The van der Waals surface area contributed by atoms with Gasteiger partial charge in [-0.2, -0.15) is 0 Å². The molecule has 2 bridgehead atoms. The minimum atomic E-state index is 0. The fourth-order valence-electron chi connectivity index (χ4n) is 7.51. The molecule has 0 unspecified atom stereocenters. The maximum atomic E-state index is 13.2. The summed E-state index contributed by atoms with van der Waals surface area (Å²) in [6.07, 6.45) is 5.43. The summed E-state index contributed by atoms with van der Waals surface area (Å²) in [4.78, 5) is 18.1. The minimum Gasteiger partial charge on any atom is -1.00 e. The first-order chi connectivity index (χ1) is 12.3. The Kier molecular flexibility index (Phi) is 3.41. The maximum absolute atomic E-state index is 13.2. The van der Waals surface area contributed by atoms with E-state index in [1.54, 1.807) is 5.57 Å². The van der Waals surface area contributed by atoms with E-state index in [4.69, 9.17) is 4.74 Å². The Bertz CT molecular complexity index is 865. The van der Waals surface area contributed by atoms with Crippen molar-refractivity contribution in [3.63, 3.8) is 0 Å². The van der Waals surface area contributed by atoms with Gasteiger partial charge in [-0.15, -0.1) is 0 Å². The van der Waals surface area contributed by atoms with E-state index >= 15 is 0 Å². The predicted molar refractivity (Wildman–Crippen MR) is 101 cm³/mol. The molecule has 5 aliphatic heterocycles. The molecule has 3 saturated heterocycles. The maximum Gasteiger partial charge on any atom is 2.00 e. The number of benzene rings is 1. The number of rotatable bonds is 0. The summed E-state index contributed by atoms with van der Waals surface area (Å²) in [5, 5.41) is 0. The molecule has 1 spiro atoms. The van der Waals surface area contributed by atoms with E-state index in [2.05, 4.69) is 40.1 Å². The van der Waals surface area contributed by atoms with Crippen LogP contribution in [0.5, 0.6) is 0 Å². The van der Waals surface area contributed by atoms with E-state index in [1.165, 1.54) is 30.6 Å². The van der Waals surface area contributed by atoms with Gasteiger partial charge in [0.2, 0.25) is 5.91 Å². The SMILES string of the molecule is O=C1C[C@@H]2OCC=C3CN4CC[C@]56c7ccccc7N1[C@H]5[C@H]2[C@H]3C[C@H]46.[Ca+2].[H-].[H-]. The Morgan fingerprint density at radius 2 is 2.15 bits per heavy atom. The smallest absolute Gasteiger partial charge is 1.00 e. The number of hydrogen-bond acceptors (Lipinski definition) is 3. The van der Waals surface area contributed by atoms with Gasteiger partial charge in [0.25, 0.3) is 0 Å². The third-order valence-corrected chi connectivity index (χ3v) is 8.22. The molecule has 1 aliphatic carbocycles. The number of amides is 1. The molecule has 1 aromatic carbocycles. The summed E-state index contributed by atoms with van der Waals surface area (Å²) in [6, 6.07) is 9.64. The summed E-state index contributed by atoms with van der Waals surface area (Å²) in [6.45, 7) is 2.97. The third kappa shape index (κ3) is 1.69. The van der Waals surface area contributed by atoms with Gasteiger partial charge in [0, 0.05) is 29.6 Å². The number of carbonyl (C=O) groups is 1. The standard InChI is InChI=1S/C21H22N2O2.Ca.2H/c24-18-10-16-19-13-9-17-21(6-7-22(17)11-12(13)5-8-25-16)14-3-1-2-4-15(14)23(18)20(19)21;;;/h1-5,13,16-17,19-20H,6-11H2;;;/q;+2;2*-1/t13-,16-,17-,19-,20-,21+;;;/m0.../s1. The van der Waals surface area contributed by atoms with Crippen LogP contribution in [0, 0.1) is 11.8 Å². The summed E-state index contributed by atoms with van der Waals surface area (Å²) in [5.74, 6) is 1.35. The number of para-hydroxylation sites is 1. The first kappa shape index (κ1) is 16.6. The normalized spacial score (nSPS) is 44.2. The summed E-state index contributed by atoms with van der Waals surface area (Å²) >= 11 is 0. The van der Waals surface area contributed by atoms with E-state index in [-0.39, 0.29) is 58.0 Å². The molecule has 4 nitrogen and oxygen atoms in total. The second-order valence-corrected chi connectivity index (χ2v) is 8.78. The zero-order valence-corrected chi connectivity index (χ0v) is 17.1. The predicted octanol–water partition coefficient (Wildman–Crippen LogP) is 1.94. The molecule has 4 fully saturated rings. The van der Waals surface area contributed by atoms with E-state index in [0.717, 1.165) is 6.54 Å². The van der Waals surface area contributed by atoms with Crippen molar-refractivity contribution in [1.82, 2.24) is 4.90 Å². The van der Waals surface area contributed by atoms with Gasteiger partial charge in [-0.3, -0.25) is 9.69 Å². The zero-order valence-electron chi connectivity index (χ0n) is 16.9. The molecule has 132 valence electrons. The molecule has 1 amide bonds. The average molecular weight is 377 g/mol. The molecule has 5 heterocycles. The van der Waals surface area contributed by atoms with Crippen molar-refractivity contribution in [2.45, 2.75) is 42.9 Å². The molecule has 0 radical (unpaired) electrons. The zero-order chi connectivity index (χ0) is 16.3. The van der Waals surface area contributed by atoms with Crippen LogP contribution in [0.3, 0.4) is 0 Å². The molecule has 1 aromatic rings. The molecule has 6 atom stereocenters.